The van der Waals surface area contributed by atoms with Crippen molar-refractivity contribution >= 4 is 21.6 Å². The number of hydrogen-bond acceptors (Lipinski definition) is 4. The zero-order valence-electron chi connectivity index (χ0n) is 15.7. The minimum absolute atomic E-state index is 0.152. The molecule has 144 valence electrons. The molecule has 27 heavy (non-hydrogen) atoms. The Kier molecular flexibility index (Phi) is 5.41. The largest absolute Gasteiger partial charge is 0.497 e. The van der Waals surface area contributed by atoms with E-state index in [4.69, 9.17) is 4.74 Å². The molecule has 0 saturated heterocycles. The van der Waals surface area contributed by atoms with Crippen LogP contribution in [0.1, 0.15) is 25.3 Å². The summed E-state index contributed by atoms with van der Waals surface area (Å²) in [6.07, 6.45) is 1.87. The van der Waals surface area contributed by atoms with Gasteiger partial charge in [-0.2, -0.15) is 0 Å². The Bertz CT molecular complexity index is 921. The van der Waals surface area contributed by atoms with Crippen molar-refractivity contribution in [2.24, 2.45) is 0 Å². The number of carbonyl (C=O) groups excluding carboxylic acids is 1. The van der Waals surface area contributed by atoms with Gasteiger partial charge in [-0.25, -0.2) is 8.42 Å². The third-order valence-corrected chi connectivity index (χ3v) is 6.42. The maximum absolute atomic E-state index is 13.4. The standard InChI is InChI=1S/C20H24N2O4S/c1-14-5-4-6-19(13-14)27(24,25)22(15(2)20(23)21-16-7-8-16)17-9-11-18(26-3)12-10-17/h4-6,9-13,15-16H,7-8H2,1-3H3,(H,21,23). The third kappa shape index (κ3) is 4.24. The Morgan fingerprint density at radius 3 is 2.41 bits per heavy atom. The lowest BCUT2D eigenvalue weighted by Crippen LogP contribution is -2.48. The van der Waals surface area contributed by atoms with Crippen molar-refractivity contribution in [1.29, 1.82) is 0 Å². The smallest absolute Gasteiger partial charge is 0.265 e. The maximum Gasteiger partial charge on any atom is 0.265 e. The van der Waals surface area contributed by atoms with E-state index < -0.39 is 16.1 Å². The van der Waals surface area contributed by atoms with E-state index in [2.05, 4.69) is 5.32 Å². The third-order valence-electron chi connectivity index (χ3n) is 4.53. The van der Waals surface area contributed by atoms with Gasteiger partial charge >= 0.3 is 0 Å². The number of ether oxygens (including phenoxy) is 1. The quantitative estimate of drug-likeness (QED) is 0.791. The average molecular weight is 388 g/mol. The van der Waals surface area contributed by atoms with Crippen molar-refractivity contribution in [3.63, 3.8) is 0 Å². The summed E-state index contributed by atoms with van der Waals surface area (Å²) in [5.41, 5.74) is 1.25. The zero-order valence-corrected chi connectivity index (χ0v) is 16.5. The fourth-order valence-electron chi connectivity index (χ4n) is 2.84. The number of rotatable bonds is 7. The molecule has 2 aromatic rings. The molecule has 1 fully saturated rings. The summed E-state index contributed by atoms with van der Waals surface area (Å²) >= 11 is 0. The van der Waals surface area contributed by atoms with E-state index in [0.717, 1.165) is 18.4 Å². The van der Waals surface area contributed by atoms with E-state index in [9.17, 15) is 13.2 Å². The first-order valence-corrected chi connectivity index (χ1v) is 10.3. The summed E-state index contributed by atoms with van der Waals surface area (Å²) in [5, 5.41) is 2.89. The van der Waals surface area contributed by atoms with Gasteiger partial charge < -0.3 is 10.1 Å². The molecule has 1 aliphatic rings. The van der Waals surface area contributed by atoms with Crippen molar-refractivity contribution in [2.45, 2.75) is 43.7 Å². The van der Waals surface area contributed by atoms with Gasteiger partial charge in [0.25, 0.3) is 10.0 Å². The highest BCUT2D eigenvalue weighted by Gasteiger charge is 2.35. The van der Waals surface area contributed by atoms with Gasteiger partial charge in [-0.3, -0.25) is 9.10 Å². The first-order chi connectivity index (χ1) is 12.8. The number of aryl methyl sites for hydroxylation is 1. The number of methoxy groups -OCH3 is 1. The number of nitrogens with zero attached hydrogens (tertiary/aromatic N) is 1. The number of sulfonamides is 1. The number of carbonyl (C=O) groups is 1. The molecule has 1 aliphatic carbocycles. The van der Waals surface area contributed by atoms with Gasteiger partial charge in [0.05, 0.1) is 17.7 Å². The summed E-state index contributed by atoms with van der Waals surface area (Å²) in [6, 6.07) is 12.6. The normalized spacial score (nSPS) is 15.1. The number of anilines is 1. The molecule has 0 radical (unpaired) electrons. The molecule has 0 heterocycles. The number of nitrogens with one attached hydrogen (secondary N) is 1. The lowest BCUT2D eigenvalue weighted by molar-refractivity contribution is -0.121. The van der Waals surface area contributed by atoms with Gasteiger partial charge in [0.1, 0.15) is 11.8 Å². The highest BCUT2D eigenvalue weighted by atomic mass is 32.2. The Morgan fingerprint density at radius 1 is 1.19 bits per heavy atom. The van der Waals surface area contributed by atoms with Gasteiger partial charge in [0.2, 0.25) is 5.91 Å². The number of hydrogen-bond donors (Lipinski definition) is 1. The molecule has 1 N–H and O–H groups in total. The van der Waals surface area contributed by atoms with Crippen molar-refractivity contribution in [2.75, 3.05) is 11.4 Å². The molecule has 1 amide bonds. The van der Waals surface area contributed by atoms with Crippen LogP contribution in [0.5, 0.6) is 5.75 Å². The Labute approximate surface area is 160 Å². The first-order valence-electron chi connectivity index (χ1n) is 8.88. The van der Waals surface area contributed by atoms with Crippen molar-refractivity contribution < 1.29 is 17.9 Å². The van der Waals surface area contributed by atoms with Crippen LogP contribution in [0.15, 0.2) is 53.4 Å². The lowest BCUT2D eigenvalue weighted by Gasteiger charge is -2.30. The predicted molar refractivity (Wildman–Crippen MR) is 104 cm³/mol. The molecule has 0 bridgehead atoms. The van der Waals surface area contributed by atoms with Crippen LogP contribution in [0.25, 0.3) is 0 Å². The van der Waals surface area contributed by atoms with Gasteiger partial charge in [0, 0.05) is 6.04 Å². The molecule has 0 spiro atoms. The Hall–Kier alpha value is -2.54. The molecule has 3 rings (SSSR count). The topological polar surface area (TPSA) is 75.7 Å². The van der Waals surface area contributed by atoms with Gasteiger partial charge in [-0.1, -0.05) is 12.1 Å². The fourth-order valence-corrected chi connectivity index (χ4v) is 4.57. The summed E-state index contributed by atoms with van der Waals surface area (Å²) in [7, 11) is -2.38. The van der Waals surface area contributed by atoms with Crippen LogP contribution in [0.2, 0.25) is 0 Å². The summed E-state index contributed by atoms with van der Waals surface area (Å²) < 4.78 is 33.1. The molecule has 6 nitrogen and oxygen atoms in total. The summed E-state index contributed by atoms with van der Waals surface area (Å²) in [5.74, 6) is 0.311. The van der Waals surface area contributed by atoms with Crippen molar-refractivity contribution in [3.8, 4) is 5.75 Å². The highest BCUT2D eigenvalue weighted by molar-refractivity contribution is 7.93. The fraction of sp³-hybridized carbons (Fsp3) is 0.350. The van der Waals surface area contributed by atoms with Crippen molar-refractivity contribution in [1.82, 2.24) is 5.32 Å². The molecular formula is C20H24N2O4S. The minimum Gasteiger partial charge on any atom is -0.497 e. The molecular weight excluding hydrogens is 364 g/mol. The van der Waals surface area contributed by atoms with E-state index in [1.165, 1.54) is 4.31 Å². The molecule has 7 heteroatoms. The van der Waals surface area contributed by atoms with Crippen LogP contribution in [0.3, 0.4) is 0 Å². The second-order valence-corrected chi connectivity index (χ2v) is 8.59. The summed E-state index contributed by atoms with van der Waals surface area (Å²) in [4.78, 5) is 12.8. The van der Waals surface area contributed by atoms with Crippen LogP contribution >= 0.6 is 0 Å². The van der Waals surface area contributed by atoms with Crippen LogP contribution in [-0.4, -0.2) is 33.5 Å². The van der Waals surface area contributed by atoms with Gasteiger partial charge in [-0.05, 0) is 68.7 Å². The highest BCUT2D eigenvalue weighted by Crippen LogP contribution is 2.29. The maximum atomic E-state index is 13.4. The Morgan fingerprint density at radius 2 is 1.85 bits per heavy atom. The average Bonchev–Trinajstić information content (AvgIpc) is 3.46. The monoisotopic (exact) mass is 388 g/mol. The van der Waals surface area contributed by atoms with Crippen LogP contribution in [0.4, 0.5) is 5.69 Å². The lowest BCUT2D eigenvalue weighted by atomic mass is 10.2. The summed E-state index contributed by atoms with van der Waals surface area (Å²) in [6.45, 7) is 3.44. The van der Waals surface area contributed by atoms with Gasteiger partial charge in [0.15, 0.2) is 0 Å². The first kappa shape index (κ1) is 19.2. The Balaban J connectivity index is 2.03. The predicted octanol–water partition coefficient (Wildman–Crippen LogP) is 2.87. The van der Waals surface area contributed by atoms with Crippen LogP contribution < -0.4 is 14.4 Å². The van der Waals surface area contributed by atoms with E-state index in [0.29, 0.717) is 11.4 Å². The minimum atomic E-state index is -3.92. The van der Waals surface area contributed by atoms with E-state index in [1.54, 1.807) is 56.5 Å². The zero-order chi connectivity index (χ0) is 19.6. The number of amides is 1. The van der Waals surface area contributed by atoms with Crippen LogP contribution in [-0.2, 0) is 14.8 Å². The molecule has 1 atom stereocenters. The van der Waals surface area contributed by atoms with Gasteiger partial charge in [-0.15, -0.1) is 0 Å². The molecule has 0 aliphatic heterocycles. The second-order valence-electron chi connectivity index (χ2n) is 6.77. The van der Waals surface area contributed by atoms with Crippen LogP contribution in [0, 0.1) is 6.92 Å². The molecule has 0 aromatic heterocycles. The second kappa shape index (κ2) is 7.60. The number of benzene rings is 2. The van der Waals surface area contributed by atoms with E-state index >= 15 is 0 Å². The van der Waals surface area contributed by atoms with E-state index in [1.807, 2.05) is 13.0 Å². The molecule has 1 saturated carbocycles. The van der Waals surface area contributed by atoms with E-state index in [-0.39, 0.29) is 16.8 Å². The van der Waals surface area contributed by atoms with Crippen molar-refractivity contribution in [3.05, 3.63) is 54.1 Å². The molecule has 1 unspecified atom stereocenters. The molecule has 2 aromatic carbocycles. The SMILES string of the molecule is COc1ccc(N(C(C)C(=O)NC2CC2)S(=O)(=O)c2cccc(C)c2)cc1.